The van der Waals surface area contributed by atoms with Crippen molar-refractivity contribution in [2.24, 2.45) is 0 Å². The number of hydrogen-bond acceptors (Lipinski definition) is 19. The van der Waals surface area contributed by atoms with Gasteiger partial charge in [-0.3, -0.25) is 19.8 Å². The van der Waals surface area contributed by atoms with Gasteiger partial charge < -0.3 is 79.3 Å². The maximum Gasteiger partial charge on any atom is 0.324 e. The van der Waals surface area contributed by atoms with E-state index in [1.807, 2.05) is 24.6 Å². The van der Waals surface area contributed by atoms with E-state index in [4.69, 9.17) is 0 Å². The van der Waals surface area contributed by atoms with E-state index >= 15 is 0 Å². The van der Waals surface area contributed by atoms with Crippen molar-refractivity contribution in [1.29, 1.82) is 0 Å². The first-order valence-corrected chi connectivity index (χ1v) is 37.9. The molecule has 0 saturated carbocycles. The van der Waals surface area contributed by atoms with E-state index in [0.717, 1.165) is 90.1 Å². The molecule has 25 nitrogen and oxygen atoms in total. The van der Waals surface area contributed by atoms with Gasteiger partial charge in [-0.2, -0.15) is 0 Å². The van der Waals surface area contributed by atoms with Crippen LogP contribution < -0.4 is 21.3 Å². The number of imide groups is 1. The summed E-state index contributed by atoms with van der Waals surface area (Å²) in [6.07, 6.45) is 8.84. The first kappa shape index (κ1) is 87.4. The van der Waals surface area contributed by atoms with Crippen LogP contribution in [0, 0.1) is 0 Å². The monoisotopic (exact) mass is 1340 g/mol. The van der Waals surface area contributed by atoms with Crippen molar-refractivity contribution < 1.29 is 27.6 Å². The summed E-state index contributed by atoms with van der Waals surface area (Å²) in [5.41, 5.74) is 0. The fourth-order valence-corrected chi connectivity index (χ4v) is 12.6. The van der Waals surface area contributed by atoms with Crippen molar-refractivity contribution in [1.82, 2.24) is 94.5 Å². The lowest BCUT2D eigenvalue weighted by Gasteiger charge is -2.37. The second-order valence-electron chi connectivity index (χ2n) is 25.5. The largest absolute Gasteiger partial charge is 0.355 e. The number of rotatable bonds is 10. The molecule has 9 saturated heterocycles. The lowest BCUT2D eigenvalue weighted by atomic mass is 10.2. The molecule has 9 aliphatic rings. The van der Waals surface area contributed by atoms with Crippen LogP contribution in [0.5, 0.6) is 0 Å². The van der Waals surface area contributed by atoms with Gasteiger partial charge in [0.15, 0.2) is 9.84 Å². The van der Waals surface area contributed by atoms with E-state index in [2.05, 4.69) is 185 Å². The van der Waals surface area contributed by atoms with Crippen molar-refractivity contribution in [3.8, 4) is 0 Å². The van der Waals surface area contributed by atoms with Crippen LogP contribution in [0.4, 0.5) is 9.59 Å². The molecule has 0 aliphatic carbocycles. The number of aryl methyl sites for hydroxylation is 1. The zero-order valence-corrected chi connectivity index (χ0v) is 63.1. The molecule has 1 aromatic rings. The molecule has 9 aliphatic heterocycles. The minimum atomic E-state index is -2.67. The number of nitrogens with one attached hydrogen (secondary N) is 4. The molecular formula is C67H141N19O6S. The summed E-state index contributed by atoms with van der Waals surface area (Å²) in [7, 11) is 6.15. The minimum Gasteiger partial charge on any atom is -0.355 e. The number of nitrogens with zero attached hydrogens (tertiary/aromatic N) is 15. The van der Waals surface area contributed by atoms with Gasteiger partial charge in [-0.25, -0.2) is 23.0 Å². The lowest BCUT2D eigenvalue weighted by Crippen LogP contribution is -2.50. The Labute approximate surface area is 568 Å². The molecule has 0 spiro atoms. The van der Waals surface area contributed by atoms with E-state index in [1.54, 1.807) is 17.4 Å². The number of urea groups is 2. The fourth-order valence-electron chi connectivity index (χ4n) is 11.3. The van der Waals surface area contributed by atoms with Crippen LogP contribution in [0.3, 0.4) is 0 Å². The Hall–Kier alpha value is -3.64. The number of sulfone groups is 1. The maximum absolute atomic E-state index is 10.9. The zero-order valence-electron chi connectivity index (χ0n) is 62.3. The van der Waals surface area contributed by atoms with Crippen LogP contribution in [0.2, 0.25) is 0 Å². The molecule has 93 heavy (non-hydrogen) atoms. The Balaban J connectivity index is 0.000000517. The van der Waals surface area contributed by atoms with E-state index in [9.17, 15) is 27.6 Å². The highest BCUT2D eigenvalue weighted by atomic mass is 32.2. The molecule has 1 aromatic heterocycles. The van der Waals surface area contributed by atoms with Crippen molar-refractivity contribution in [2.75, 3.05) is 262 Å². The molecule has 6 amide bonds. The predicted molar refractivity (Wildman–Crippen MR) is 386 cm³/mol. The molecule has 0 bridgehead atoms. The molecule has 4 N–H and O–H groups in total. The summed E-state index contributed by atoms with van der Waals surface area (Å²) in [5.74, 6) is 0.680. The quantitative estimate of drug-likeness (QED) is 0.248. The van der Waals surface area contributed by atoms with Gasteiger partial charge in [-0.1, -0.05) is 48.5 Å². The van der Waals surface area contributed by atoms with E-state index in [-0.39, 0.29) is 30.4 Å². The number of aromatic nitrogens is 2. The number of imidazole rings is 1. The average molecular weight is 1340 g/mol. The molecule has 10 rings (SSSR count). The standard InChI is InChI=1S/4C8H18N2.C7H14N2O.C7H16N2.C6H13NO2S.C5H8N2O2.C5H10N2O.C5H8N2/c2*1-4-10-6-5-9(3)8(2)7-10;1-4-10-6-5-9(3)7-8(10)2;1-3-10-6-4-5-9(2)7-8-10;1-2-9-5-3-7(10)8-4-6-9;1-2-9-6-3-4-8-5-7-9;1-2-7-3-5-10(8,9)6-4-7;1-2-7-3-4(8)6-5(7)9;1-2-7-4-3-6-5(7)8;1-2-7-4-3-6-5-7/h3*8H,4-7H2,1-3H3;3-8H2,1-2H3;2-6H2,1H3,(H,8,10);8H,2-7H2,1H3;2-6H2,1H3;2-3H2,1H3,(H,6,8,9);2-4H2,1H3,(H,6,8);3-5H,2H2,1H3/t3*8-;;;;;;;/m100......./s1. The van der Waals surface area contributed by atoms with Crippen LogP contribution >= 0.6 is 0 Å². The molecule has 0 radical (unpaired) electrons. The molecule has 546 valence electrons. The number of carbonyl (C=O) groups is 4. The number of amides is 6. The third kappa shape index (κ3) is 40.6. The van der Waals surface area contributed by atoms with E-state index in [1.165, 1.54) is 162 Å². The summed E-state index contributed by atoms with van der Waals surface area (Å²) in [6, 6.07) is 2.04. The van der Waals surface area contributed by atoms with Gasteiger partial charge >= 0.3 is 12.1 Å². The zero-order chi connectivity index (χ0) is 69.6. The number of likely N-dealkylation sites (N-methyl/N-ethyl adjacent to an activating group) is 12. The summed E-state index contributed by atoms with van der Waals surface area (Å²) < 4.78 is 23.8. The third-order valence-corrected chi connectivity index (χ3v) is 20.3. The fraction of sp³-hybridized carbons (Fsp3) is 0.896. The van der Waals surface area contributed by atoms with Crippen LogP contribution in [0.25, 0.3) is 0 Å². The first-order chi connectivity index (χ1) is 44.4. The molecule has 3 atom stereocenters. The number of hydrogen-bond donors (Lipinski definition) is 4. The minimum absolute atomic E-state index is 0.0764. The Morgan fingerprint density at radius 2 is 0.957 bits per heavy atom. The highest BCUT2D eigenvalue weighted by Crippen LogP contribution is 2.09. The molecule has 9 fully saturated rings. The van der Waals surface area contributed by atoms with Gasteiger partial charge in [0.1, 0.15) is 6.54 Å². The molecular weight excluding hydrogens is 1200 g/mol. The molecule has 10 heterocycles. The lowest BCUT2D eigenvalue weighted by molar-refractivity contribution is -0.120. The summed E-state index contributed by atoms with van der Waals surface area (Å²) in [4.78, 5) is 76.2. The summed E-state index contributed by atoms with van der Waals surface area (Å²) >= 11 is 0. The highest BCUT2D eigenvalue weighted by Gasteiger charge is 2.25. The SMILES string of the molecule is CCN1CC(=O)NC1=O.CCN1CCCN(C)CC1.CCN1CCCNCC1.CCN1CCN(C)C[C@@H]1C.CCN1CCN(C)[C@@H](C)C1.CCN1CCN(C)[C@H](C)C1.CCN1CCNC(=O)CC1.CCN1CCNC1=O.CCN1CCS(=O)(=O)CC1.CCn1ccnc1. The van der Waals surface area contributed by atoms with Crippen LogP contribution in [-0.4, -0.2) is 386 Å². The molecule has 0 unspecified atom stereocenters. The number of piperazine rings is 3. The normalized spacial score (nSPS) is 24.2. The Morgan fingerprint density at radius 1 is 0.441 bits per heavy atom. The Kier molecular flexibility index (Phi) is 49.3. The smallest absolute Gasteiger partial charge is 0.324 e. The van der Waals surface area contributed by atoms with Crippen molar-refractivity contribution in [2.45, 2.75) is 134 Å². The van der Waals surface area contributed by atoms with Crippen LogP contribution in [0.15, 0.2) is 18.7 Å². The van der Waals surface area contributed by atoms with Crippen molar-refractivity contribution >= 4 is 33.7 Å². The summed E-state index contributed by atoms with van der Waals surface area (Å²) in [6.45, 7) is 65.8. The van der Waals surface area contributed by atoms with Gasteiger partial charge in [0.05, 0.1) is 17.8 Å². The first-order valence-electron chi connectivity index (χ1n) is 36.1. The number of carbonyl (C=O) groups excluding carboxylic acids is 4. The topological polar surface area (TPSA) is 210 Å². The Bertz CT molecular complexity index is 2100. The van der Waals surface area contributed by atoms with Crippen molar-refractivity contribution in [3.05, 3.63) is 18.7 Å². The van der Waals surface area contributed by atoms with Gasteiger partial charge in [-0.15, -0.1) is 0 Å². The average Bonchev–Trinajstić information content (AvgIpc) is 4.29. The van der Waals surface area contributed by atoms with Crippen LogP contribution in [-0.2, 0) is 26.0 Å². The third-order valence-electron chi connectivity index (χ3n) is 18.7. The van der Waals surface area contributed by atoms with E-state index < -0.39 is 9.84 Å². The van der Waals surface area contributed by atoms with Gasteiger partial charge in [0, 0.05) is 187 Å². The molecule has 26 heteroatoms. The maximum atomic E-state index is 10.9. The van der Waals surface area contributed by atoms with Gasteiger partial charge in [0.2, 0.25) is 11.8 Å². The van der Waals surface area contributed by atoms with Crippen molar-refractivity contribution in [3.63, 3.8) is 0 Å². The summed E-state index contributed by atoms with van der Waals surface area (Å²) in [5, 5.41) is 11.1. The second-order valence-corrected chi connectivity index (χ2v) is 27.8. The van der Waals surface area contributed by atoms with Crippen LogP contribution in [0.1, 0.15) is 109 Å². The predicted octanol–water partition coefficient (Wildman–Crippen LogP) is 2.93. The highest BCUT2D eigenvalue weighted by molar-refractivity contribution is 7.91. The van der Waals surface area contributed by atoms with Gasteiger partial charge in [0.25, 0.3) is 0 Å². The Morgan fingerprint density at radius 3 is 1.40 bits per heavy atom. The molecule has 0 aromatic carbocycles. The second kappa shape index (κ2) is 52.5. The van der Waals surface area contributed by atoms with Gasteiger partial charge in [-0.05, 0) is 155 Å². The van der Waals surface area contributed by atoms with E-state index in [0.29, 0.717) is 24.5 Å².